The Morgan fingerprint density at radius 1 is 1.27 bits per heavy atom. The van der Waals surface area contributed by atoms with Gasteiger partial charge in [0.05, 0.1) is 11.5 Å². The molecule has 3 fully saturated rings. The molecule has 0 N–H and O–H groups in total. The van der Waals surface area contributed by atoms with Gasteiger partial charge in [0.15, 0.2) is 0 Å². The minimum Gasteiger partial charge on any atom is -0.293 e. The summed E-state index contributed by atoms with van der Waals surface area (Å²) >= 11 is 2.44. The van der Waals surface area contributed by atoms with Crippen molar-refractivity contribution in [2.24, 2.45) is 5.41 Å². The normalized spacial score (nSPS) is 38.9. The molecule has 3 aliphatic rings. The molecule has 2 unspecified atom stereocenters. The van der Waals surface area contributed by atoms with Crippen molar-refractivity contribution < 1.29 is 0 Å². The zero-order valence-electron chi connectivity index (χ0n) is 8.82. The molecule has 2 aliphatic heterocycles. The van der Waals surface area contributed by atoms with Gasteiger partial charge in [-0.1, -0.05) is 0 Å². The molecule has 2 heterocycles. The van der Waals surface area contributed by atoms with Crippen LogP contribution in [-0.2, 0) is 0 Å². The van der Waals surface area contributed by atoms with E-state index in [-0.39, 0.29) is 5.41 Å². The predicted octanol–water partition coefficient (Wildman–Crippen LogP) is 1.79. The van der Waals surface area contributed by atoms with E-state index in [1.807, 2.05) is 0 Å². The van der Waals surface area contributed by atoms with E-state index in [9.17, 15) is 0 Å². The van der Waals surface area contributed by atoms with Gasteiger partial charge in [0.1, 0.15) is 0 Å². The Hall–Kier alpha value is 0.140. The average Bonchev–Trinajstić information content (AvgIpc) is 2.94. The molecule has 0 aromatic heterocycles. The molecule has 2 bridgehead atoms. The van der Waals surface area contributed by atoms with Crippen LogP contribution >= 0.6 is 22.9 Å². The molecule has 2 saturated heterocycles. The van der Waals surface area contributed by atoms with E-state index in [2.05, 4.69) is 36.9 Å². The molecule has 3 rings (SSSR count). The molecular formula is C11H16IN3. The largest absolute Gasteiger partial charge is 0.293 e. The quantitative estimate of drug-likeness (QED) is 0.575. The summed E-state index contributed by atoms with van der Waals surface area (Å²) in [5.41, 5.74) is 0.0499. The number of halogens is 1. The van der Waals surface area contributed by atoms with E-state index < -0.39 is 0 Å². The lowest BCUT2D eigenvalue weighted by Crippen LogP contribution is -2.52. The lowest BCUT2D eigenvalue weighted by atomic mass is 10.1. The number of rotatable bonds is 2. The van der Waals surface area contributed by atoms with Crippen LogP contribution in [0.1, 0.15) is 25.7 Å². The van der Waals surface area contributed by atoms with Crippen molar-refractivity contribution in [1.82, 2.24) is 8.01 Å². The van der Waals surface area contributed by atoms with Crippen LogP contribution < -0.4 is 0 Å². The van der Waals surface area contributed by atoms with Crippen molar-refractivity contribution in [3.8, 4) is 6.07 Å². The highest BCUT2D eigenvalue weighted by Gasteiger charge is 2.49. The van der Waals surface area contributed by atoms with Gasteiger partial charge >= 0.3 is 0 Å². The maximum Gasteiger partial charge on any atom is 0.0703 e. The van der Waals surface area contributed by atoms with Crippen LogP contribution in [0, 0.1) is 16.7 Å². The maximum atomic E-state index is 9.14. The third-order valence-corrected chi connectivity index (χ3v) is 4.95. The molecule has 82 valence electrons. The van der Waals surface area contributed by atoms with E-state index in [1.165, 1.54) is 25.9 Å². The van der Waals surface area contributed by atoms with Crippen molar-refractivity contribution in [3.63, 3.8) is 0 Å². The van der Waals surface area contributed by atoms with Crippen molar-refractivity contribution in [1.29, 1.82) is 5.26 Å². The molecule has 4 heteroatoms. The number of hydrogen-bond acceptors (Lipinski definition) is 3. The average molecular weight is 317 g/mol. The Morgan fingerprint density at radius 2 is 1.87 bits per heavy atom. The maximum absolute atomic E-state index is 9.14. The second-order valence-electron chi connectivity index (χ2n) is 5.28. The third-order valence-electron chi connectivity index (χ3n) is 4.16. The minimum atomic E-state index is 0.0499. The number of nitriles is 1. The molecular weight excluding hydrogens is 301 g/mol. The molecule has 1 saturated carbocycles. The lowest BCUT2D eigenvalue weighted by molar-refractivity contribution is 0.108. The fourth-order valence-corrected chi connectivity index (χ4v) is 3.91. The number of fused-ring (bicyclic) bond motifs is 2. The summed E-state index contributed by atoms with van der Waals surface area (Å²) in [7, 11) is 0. The molecule has 1 aliphatic carbocycles. The summed E-state index contributed by atoms with van der Waals surface area (Å²) in [6, 6.07) is 3.98. The van der Waals surface area contributed by atoms with Crippen LogP contribution in [0.4, 0.5) is 0 Å². The van der Waals surface area contributed by atoms with Crippen LogP contribution in [0.15, 0.2) is 0 Å². The monoisotopic (exact) mass is 317 g/mol. The summed E-state index contributed by atoms with van der Waals surface area (Å²) in [6.07, 6.45) is 4.94. The van der Waals surface area contributed by atoms with E-state index in [0.717, 1.165) is 31.5 Å². The van der Waals surface area contributed by atoms with Crippen LogP contribution in [0.2, 0.25) is 0 Å². The minimum absolute atomic E-state index is 0.0499. The number of nitrogens with zero attached hydrogens (tertiary/aromatic N) is 3. The van der Waals surface area contributed by atoms with Crippen LogP contribution in [0.25, 0.3) is 0 Å². The van der Waals surface area contributed by atoms with Gasteiger partial charge in [-0.2, -0.15) is 5.26 Å². The highest BCUT2D eigenvalue weighted by atomic mass is 127. The molecule has 0 radical (unpaired) electrons. The fraction of sp³-hybridized carbons (Fsp3) is 0.909. The summed E-state index contributed by atoms with van der Waals surface area (Å²) in [5.74, 6) is 0. The second kappa shape index (κ2) is 3.57. The fourth-order valence-electron chi connectivity index (χ4n) is 3.00. The second-order valence-corrected chi connectivity index (χ2v) is 6.64. The van der Waals surface area contributed by atoms with Crippen LogP contribution in [0.5, 0.6) is 0 Å². The zero-order valence-corrected chi connectivity index (χ0v) is 11.0. The number of piperazine rings is 1. The highest BCUT2D eigenvalue weighted by Crippen LogP contribution is 2.47. The highest BCUT2D eigenvalue weighted by molar-refractivity contribution is 14.1. The van der Waals surface area contributed by atoms with E-state index >= 15 is 0 Å². The van der Waals surface area contributed by atoms with Gasteiger partial charge in [-0.15, -0.1) is 0 Å². The summed E-state index contributed by atoms with van der Waals surface area (Å²) in [6.45, 7) is 3.43. The molecule has 0 aromatic carbocycles. The van der Waals surface area contributed by atoms with Gasteiger partial charge in [0.2, 0.25) is 0 Å². The van der Waals surface area contributed by atoms with Gasteiger partial charge in [-0.3, -0.25) is 4.90 Å². The van der Waals surface area contributed by atoms with E-state index in [1.54, 1.807) is 0 Å². The summed E-state index contributed by atoms with van der Waals surface area (Å²) in [5, 5.41) is 9.14. The van der Waals surface area contributed by atoms with Crippen LogP contribution in [-0.4, -0.2) is 39.7 Å². The first-order valence-electron chi connectivity index (χ1n) is 5.80. The Morgan fingerprint density at radius 3 is 2.33 bits per heavy atom. The van der Waals surface area contributed by atoms with Gasteiger partial charge in [-0.25, -0.2) is 3.11 Å². The van der Waals surface area contributed by atoms with Crippen molar-refractivity contribution >= 4 is 22.9 Å². The molecule has 0 aromatic rings. The Labute approximate surface area is 105 Å². The standard InChI is InChI=1S/C11H16IN3/c12-14-5-9-1-2-10(6-14)15(9)8-11(7-13)3-4-11/h9-10H,1-6,8H2. The molecule has 0 spiro atoms. The SMILES string of the molecule is N#CC1(CN2C3CCC2CN(I)C3)CC1. The molecule has 0 amide bonds. The zero-order chi connectivity index (χ0) is 10.5. The third kappa shape index (κ3) is 1.79. The van der Waals surface area contributed by atoms with E-state index in [4.69, 9.17) is 5.26 Å². The molecule has 3 nitrogen and oxygen atoms in total. The Bertz CT molecular complexity index is 293. The van der Waals surface area contributed by atoms with Gasteiger partial charge in [-0.05, 0) is 25.7 Å². The smallest absolute Gasteiger partial charge is 0.0703 e. The molecule has 15 heavy (non-hydrogen) atoms. The van der Waals surface area contributed by atoms with E-state index in [0.29, 0.717) is 0 Å². The van der Waals surface area contributed by atoms with Crippen molar-refractivity contribution in [3.05, 3.63) is 0 Å². The van der Waals surface area contributed by atoms with Crippen LogP contribution in [0.3, 0.4) is 0 Å². The van der Waals surface area contributed by atoms with Gasteiger partial charge in [0, 0.05) is 54.6 Å². The van der Waals surface area contributed by atoms with Crippen molar-refractivity contribution in [2.75, 3.05) is 19.6 Å². The summed E-state index contributed by atoms with van der Waals surface area (Å²) in [4.78, 5) is 2.63. The van der Waals surface area contributed by atoms with Gasteiger partial charge in [0.25, 0.3) is 0 Å². The van der Waals surface area contributed by atoms with Gasteiger partial charge < -0.3 is 0 Å². The Balaban J connectivity index is 1.70. The topological polar surface area (TPSA) is 30.3 Å². The lowest BCUT2D eigenvalue weighted by Gasteiger charge is -2.39. The first kappa shape index (κ1) is 10.3. The first-order valence-corrected chi connectivity index (χ1v) is 6.77. The Kier molecular flexibility index (Phi) is 2.45. The van der Waals surface area contributed by atoms with Crippen molar-refractivity contribution in [2.45, 2.75) is 37.8 Å². The predicted molar refractivity (Wildman–Crippen MR) is 66.4 cm³/mol. The first-order chi connectivity index (χ1) is 7.22. The molecule has 2 atom stereocenters. The summed E-state index contributed by atoms with van der Waals surface area (Å²) < 4.78 is 2.42. The number of hydrogen-bond donors (Lipinski definition) is 0.